The molecule has 0 radical (unpaired) electrons. The van der Waals surface area contributed by atoms with Crippen LogP contribution in [-0.2, 0) is 28.7 Å². The van der Waals surface area contributed by atoms with E-state index in [4.69, 9.17) is 15.2 Å². The second-order valence-electron chi connectivity index (χ2n) is 6.25. The summed E-state index contributed by atoms with van der Waals surface area (Å²) in [6.07, 6.45) is -0.961. The van der Waals surface area contributed by atoms with Gasteiger partial charge in [-0.2, -0.15) is 0 Å². The fourth-order valence-electron chi connectivity index (χ4n) is 2.54. The van der Waals surface area contributed by atoms with Crippen molar-refractivity contribution in [1.82, 2.24) is 0 Å². The molecule has 1 aromatic rings. The summed E-state index contributed by atoms with van der Waals surface area (Å²) in [7, 11) is 0. The average Bonchev–Trinajstić information content (AvgIpc) is 2.61. The number of esters is 2. The van der Waals surface area contributed by atoms with Crippen molar-refractivity contribution < 1.29 is 33.4 Å². The lowest BCUT2D eigenvalue weighted by molar-refractivity contribution is -0.155. The predicted molar refractivity (Wildman–Crippen MR) is 138 cm³/mol. The van der Waals surface area contributed by atoms with Crippen molar-refractivity contribution in [3.05, 3.63) is 16.3 Å². The molecule has 0 saturated carbocycles. The standard InChI is InChI=1S/C18H20I3N3O7/c1-7(25)23-16-13(19)12(18(22)29)14(20)17(15(16)21)24(8(2)26)5-11(31-10(4)28)6-30-9(3)27/h11H,5-6H2,1-4H3,(H2,22,29)(H,23,25). The summed E-state index contributed by atoms with van der Waals surface area (Å²) in [5.41, 5.74) is 6.34. The summed E-state index contributed by atoms with van der Waals surface area (Å²) >= 11 is 5.76. The van der Waals surface area contributed by atoms with E-state index in [2.05, 4.69) is 5.32 Å². The van der Waals surface area contributed by atoms with Crippen molar-refractivity contribution in [3.63, 3.8) is 0 Å². The SMILES string of the molecule is CC(=O)Nc1c(I)c(C(N)=O)c(I)c(N(CC(COC(C)=O)OC(C)=O)C(C)=O)c1I. The molecule has 0 spiro atoms. The van der Waals surface area contributed by atoms with Crippen LogP contribution < -0.4 is 16.0 Å². The molecule has 1 atom stereocenters. The molecule has 0 aliphatic heterocycles. The summed E-state index contributed by atoms with van der Waals surface area (Å²) in [5, 5.41) is 2.67. The fourth-order valence-corrected chi connectivity index (χ4v) is 7.09. The summed E-state index contributed by atoms with van der Waals surface area (Å²) in [6, 6.07) is 0. The Morgan fingerprint density at radius 1 is 0.968 bits per heavy atom. The van der Waals surface area contributed by atoms with E-state index in [1.807, 2.05) is 67.8 Å². The molecule has 170 valence electrons. The van der Waals surface area contributed by atoms with Crippen molar-refractivity contribution in [2.24, 2.45) is 5.73 Å². The Labute approximate surface area is 219 Å². The molecule has 0 heterocycles. The van der Waals surface area contributed by atoms with Crippen molar-refractivity contribution in [2.45, 2.75) is 33.8 Å². The molecule has 31 heavy (non-hydrogen) atoms. The van der Waals surface area contributed by atoms with Gasteiger partial charge in [-0.3, -0.25) is 24.0 Å². The molecule has 0 aromatic heterocycles. The lowest BCUT2D eigenvalue weighted by Gasteiger charge is -2.30. The van der Waals surface area contributed by atoms with E-state index in [9.17, 15) is 24.0 Å². The Kier molecular flexibility index (Phi) is 10.9. The molecule has 1 rings (SSSR count). The fraction of sp³-hybridized carbons (Fsp3) is 0.389. The van der Waals surface area contributed by atoms with Gasteiger partial charge in [-0.1, -0.05) is 0 Å². The van der Waals surface area contributed by atoms with E-state index in [-0.39, 0.29) is 24.6 Å². The summed E-state index contributed by atoms with van der Waals surface area (Å²) in [5.74, 6) is -2.74. The van der Waals surface area contributed by atoms with Gasteiger partial charge in [-0.15, -0.1) is 0 Å². The molecule has 1 aromatic carbocycles. The number of benzene rings is 1. The number of nitrogens with two attached hydrogens (primary N) is 1. The minimum absolute atomic E-state index is 0.135. The van der Waals surface area contributed by atoms with Crippen LogP contribution in [0.1, 0.15) is 38.1 Å². The largest absolute Gasteiger partial charge is 0.462 e. The minimum Gasteiger partial charge on any atom is -0.462 e. The highest BCUT2D eigenvalue weighted by Crippen LogP contribution is 2.40. The zero-order valence-corrected chi connectivity index (χ0v) is 23.5. The summed E-state index contributed by atoms with van der Waals surface area (Å²) in [4.78, 5) is 60.4. The number of carbonyl (C=O) groups is 5. The number of rotatable bonds is 8. The molecular formula is C18H20I3N3O7. The van der Waals surface area contributed by atoms with Crippen LogP contribution in [0.5, 0.6) is 0 Å². The lowest BCUT2D eigenvalue weighted by atomic mass is 10.1. The normalized spacial score (nSPS) is 11.3. The Morgan fingerprint density at radius 3 is 1.97 bits per heavy atom. The average molecular weight is 771 g/mol. The summed E-state index contributed by atoms with van der Waals surface area (Å²) in [6.45, 7) is 4.58. The van der Waals surface area contributed by atoms with E-state index in [1.54, 1.807) is 0 Å². The highest BCUT2D eigenvalue weighted by Gasteiger charge is 2.30. The molecule has 0 bridgehead atoms. The van der Waals surface area contributed by atoms with Crippen molar-refractivity contribution in [3.8, 4) is 0 Å². The van der Waals surface area contributed by atoms with Gasteiger partial charge in [-0.05, 0) is 67.8 Å². The third-order valence-electron chi connectivity index (χ3n) is 3.68. The van der Waals surface area contributed by atoms with Gasteiger partial charge in [-0.25, -0.2) is 0 Å². The van der Waals surface area contributed by atoms with Crippen molar-refractivity contribution >= 4 is 109 Å². The third kappa shape index (κ3) is 7.69. The van der Waals surface area contributed by atoms with Crippen molar-refractivity contribution in [2.75, 3.05) is 23.4 Å². The Morgan fingerprint density at radius 2 is 1.55 bits per heavy atom. The second-order valence-corrected chi connectivity index (χ2v) is 9.49. The first-order valence-electron chi connectivity index (χ1n) is 8.64. The van der Waals surface area contributed by atoms with Crippen LogP contribution in [-0.4, -0.2) is 48.9 Å². The molecule has 0 aliphatic carbocycles. The second kappa shape index (κ2) is 12.1. The first kappa shape index (κ1) is 27.8. The van der Waals surface area contributed by atoms with Crippen LogP contribution >= 0.6 is 67.8 Å². The summed E-state index contributed by atoms with van der Waals surface area (Å²) < 4.78 is 11.4. The van der Waals surface area contributed by atoms with Crippen LogP contribution in [0.15, 0.2) is 0 Å². The Bertz CT molecular complexity index is 937. The smallest absolute Gasteiger partial charge is 0.303 e. The first-order valence-corrected chi connectivity index (χ1v) is 11.9. The number of nitrogens with one attached hydrogen (secondary N) is 1. The maximum Gasteiger partial charge on any atom is 0.303 e. The van der Waals surface area contributed by atoms with E-state index >= 15 is 0 Å². The molecule has 1 unspecified atom stereocenters. The molecule has 10 nitrogen and oxygen atoms in total. The maximum absolute atomic E-state index is 12.6. The van der Waals surface area contributed by atoms with Gasteiger partial charge in [0.1, 0.15) is 6.61 Å². The Balaban J connectivity index is 3.66. The van der Waals surface area contributed by atoms with E-state index in [0.717, 1.165) is 0 Å². The van der Waals surface area contributed by atoms with Gasteiger partial charge in [0.05, 0.1) is 34.2 Å². The number of halogens is 3. The van der Waals surface area contributed by atoms with Crippen molar-refractivity contribution in [1.29, 1.82) is 0 Å². The first-order chi connectivity index (χ1) is 14.3. The van der Waals surface area contributed by atoms with E-state index in [1.165, 1.54) is 32.6 Å². The van der Waals surface area contributed by atoms with Crippen LogP contribution in [0.25, 0.3) is 0 Å². The number of nitrogens with zero attached hydrogens (tertiary/aromatic N) is 1. The molecule has 0 aliphatic rings. The van der Waals surface area contributed by atoms with Crippen LogP contribution in [0.4, 0.5) is 11.4 Å². The number of ether oxygens (including phenoxy) is 2. The van der Waals surface area contributed by atoms with Gasteiger partial charge >= 0.3 is 11.9 Å². The minimum atomic E-state index is -0.961. The highest BCUT2D eigenvalue weighted by atomic mass is 127. The Hall–Kier alpha value is -1.24. The zero-order chi connectivity index (χ0) is 24.0. The number of carbonyl (C=O) groups excluding carboxylic acids is 5. The van der Waals surface area contributed by atoms with Gasteiger partial charge < -0.3 is 25.4 Å². The van der Waals surface area contributed by atoms with E-state index in [0.29, 0.717) is 22.1 Å². The molecule has 3 amide bonds. The molecule has 3 N–H and O–H groups in total. The van der Waals surface area contributed by atoms with Crippen LogP contribution in [0, 0.1) is 10.7 Å². The number of hydrogen-bond acceptors (Lipinski definition) is 7. The number of primary amides is 1. The van der Waals surface area contributed by atoms with E-state index < -0.39 is 29.9 Å². The van der Waals surface area contributed by atoms with Gasteiger partial charge in [0, 0.05) is 27.7 Å². The van der Waals surface area contributed by atoms with Gasteiger partial charge in [0.15, 0.2) is 6.10 Å². The predicted octanol–water partition coefficient (Wildman–Crippen LogP) is 2.41. The highest BCUT2D eigenvalue weighted by molar-refractivity contribution is 14.1. The molecule has 13 heteroatoms. The van der Waals surface area contributed by atoms with Gasteiger partial charge in [0.25, 0.3) is 5.91 Å². The maximum atomic E-state index is 12.6. The quantitative estimate of drug-likeness (QED) is 0.305. The molecule has 0 fully saturated rings. The monoisotopic (exact) mass is 771 g/mol. The van der Waals surface area contributed by atoms with Gasteiger partial charge in [0.2, 0.25) is 11.8 Å². The topological polar surface area (TPSA) is 145 Å². The lowest BCUT2D eigenvalue weighted by Crippen LogP contribution is -2.41. The third-order valence-corrected chi connectivity index (χ3v) is 6.86. The number of anilines is 2. The molecular weight excluding hydrogens is 751 g/mol. The zero-order valence-electron chi connectivity index (χ0n) is 17.0. The number of amides is 3. The molecule has 0 saturated heterocycles. The number of hydrogen-bond donors (Lipinski definition) is 2. The van der Waals surface area contributed by atoms with Crippen LogP contribution in [0.3, 0.4) is 0 Å². The van der Waals surface area contributed by atoms with Crippen LogP contribution in [0.2, 0.25) is 0 Å².